The van der Waals surface area contributed by atoms with Crippen molar-refractivity contribution in [3.05, 3.63) is 47.7 Å². The predicted molar refractivity (Wildman–Crippen MR) is 66.9 cm³/mol. The van der Waals surface area contributed by atoms with Crippen LogP contribution in [0.3, 0.4) is 0 Å². The average Bonchev–Trinajstić information content (AvgIpc) is 2.82. The first-order valence-electron chi connectivity index (χ1n) is 5.65. The zero-order valence-electron chi connectivity index (χ0n) is 9.99. The number of hydrogen-bond donors (Lipinski definition) is 1. The highest BCUT2D eigenvalue weighted by atomic mass is 16.3. The standard InChI is InChI=1S/C14H15NO2/c1-3-15-14(16)11-6-7-12(10(2)9-11)13-5-4-8-17-13/h4-9H,3H2,1-2H3,(H,15,16). The Balaban J connectivity index is 2.32. The first-order chi connectivity index (χ1) is 8.22. The molecule has 1 N–H and O–H groups in total. The molecule has 0 aliphatic heterocycles. The summed E-state index contributed by atoms with van der Waals surface area (Å²) in [6, 6.07) is 9.37. The average molecular weight is 229 g/mol. The smallest absolute Gasteiger partial charge is 0.251 e. The van der Waals surface area contributed by atoms with Crippen molar-refractivity contribution in [3.8, 4) is 11.3 Å². The van der Waals surface area contributed by atoms with E-state index in [-0.39, 0.29) is 5.91 Å². The molecule has 1 aromatic carbocycles. The number of furan rings is 1. The van der Waals surface area contributed by atoms with Crippen LogP contribution in [0.4, 0.5) is 0 Å². The Morgan fingerprint density at radius 1 is 1.35 bits per heavy atom. The Morgan fingerprint density at radius 2 is 2.18 bits per heavy atom. The van der Waals surface area contributed by atoms with E-state index >= 15 is 0 Å². The van der Waals surface area contributed by atoms with Crippen molar-refractivity contribution in [1.82, 2.24) is 5.32 Å². The lowest BCUT2D eigenvalue weighted by Crippen LogP contribution is -2.22. The van der Waals surface area contributed by atoms with E-state index < -0.39 is 0 Å². The molecule has 0 aliphatic rings. The minimum Gasteiger partial charge on any atom is -0.464 e. The number of carbonyl (C=O) groups is 1. The van der Waals surface area contributed by atoms with Crippen LogP contribution in [-0.4, -0.2) is 12.5 Å². The number of rotatable bonds is 3. The second kappa shape index (κ2) is 4.87. The van der Waals surface area contributed by atoms with Crippen LogP contribution in [0, 0.1) is 6.92 Å². The number of nitrogens with one attached hydrogen (secondary N) is 1. The highest BCUT2D eigenvalue weighted by Gasteiger charge is 2.09. The number of amides is 1. The zero-order valence-corrected chi connectivity index (χ0v) is 9.99. The molecule has 88 valence electrons. The molecule has 0 bridgehead atoms. The van der Waals surface area contributed by atoms with Gasteiger partial charge in [0.25, 0.3) is 5.91 Å². The van der Waals surface area contributed by atoms with Crippen molar-refractivity contribution in [2.75, 3.05) is 6.54 Å². The monoisotopic (exact) mass is 229 g/mol. The summed E-state index contributed by atoms with van der Waals surface area (Å²) in [5.41, 5.74) is 2.73. The van der Waals surface area contributed by atoms with E-state index in [0.29, 0.717) is 12.1 Å². The molecule has 1 heterocycles. The Labute approximate surface area is 100 Å². The highest BCUT2D eigenvalue weighted by molar-refractivity contribution is 5.95. The summed E-state index contributed by atoms with van der Waals surface area (Å²) in [6.07, 6.45) is 1.65. The first-order valence-corrected chi connectivity index (χ1v) is 5.65. The quantitative estimate of drug-likeness (QED) is 0.879. The van der Waals surface area contributed by atoms with E-state index in [1.54, 1.807) is 6.26 Å². The number of aryl methyl sites for hydroxylation is 1. The third-order valence-corrected chi connectivity index (χ3v) is 2.61. The summed E-state index contributed by atoms with van der Waals surface area (Å²) < 4.78 is 5.35. The van der Waals surface area contributed by atoms with Crippen LogP contribution < -0.4 is 5.32 Å². The van der Waals surface area contributed by atoms with Crippen molar-refractivity contribution in [2.45, 2.75) is 13.8 Å². The predicted octanol–water partition coefficient (Wildman–Crippen LogP) is 3.00. The van der Waals surface area contributed by atoms with Crippen molar-refractivity contribution >= 4 is 5.91 Å². The van der Waals surface area contributed by atoms with E-state index in [4.69, 9.17) is 4.42 Å². The molecular formula is C14H15NO2. The number of hydrogen-bond acceptors (Lipinski definition) is 2. The Kier molecular flexibility index (Phi) is 3.28. The fourth-order valence-electron chi connectivity index (χ4n) is 1.78. The Hall–Kier alpha value is -2.03. The van der Waals surface area contributed by atoms with Gasteiger partial charge in [0.05, 0.1) is 6.26 Å². The molecule has 17 heavy (non-hydrogen) atoms. The van der Waals surface area contributed by atoms with Crippen molar-refractivity contribution in [2.24, 2.45) is 0 Å². The van der Waals surface area contributed by atoms with Crippen LogP contribution >= 0.6 is 0 Å². The van der Waals surface area contributed by atoms with Crippen LogP contribution in [0.5, 0.6) is 0 Å². The molecule has 0 saturated heterocycles. The maximum Gasteiger partial charge on any atom is 0.251 e. The minimum atomic E-state index is -0.0402. The lowest BCUT2D eigenvalue weighted by molar-refractivity contribution is 0.0956. The first kappa shape index (κ1) is 11.5. The molecule has 0 fully saturated rings. The van der Waals surface area contributed by atoms with Gasteiger partial charge in [-0.25, -0.2) is 0 Å². The van der Waals surface area contributed by atoms with E-state index in [1.165, 1.54) is 0 Å². The lowest BCUT2D eigenvalue weighted by Gasteiger charge is -2.06. The number of benzene rings is 1. The van der Waals surface area contributed by atoms with Crippen LogP contribution in [0.1, 0.15) is 22.8 Å². The molecule has 0 unspecified atom stereocenters. The van der Waals surface area contributed by atoms with Crippen molar-refractivity contribution in [1.29, 1.82) is 0 Å². The molecule has 0 saturated carbocycles. The maximum atomic E-state index is 11.7. The molecule has 0 spiro atoms. The summed E-state index contributed by atoms with van der Waals surface area (Å²) in [7, 11) is 0. The SMILES string of the molecule is CCNC(=O)c1ccc(-c2ccco2)c(C)c1. The molecule has 0 radical (unpaired) electrons. The maximum absolute atomic E-state index is 11.7. The molecule has 0 atom stereocenters. The van der Waals surface area contributed by atoms with E-state index in [0.717, 1.165) is 16.9 Å². The normalized spacial score (nSPS) is 10.2. The molecule has 3 heteroatoms. The summed E-state index contributed by atoms with van der Waals surface area (Å²) in [5.74, 6) is 0.784. The largest absolute Gasteiger partial charge is 0.464 e. The Bertz CT molecular complexity index is 515. The molecule has 3 nitrogen and oxygen atoms in total. The van der Waals surface area contributed by atoms with Gasteiger partial charge in [0.1, 0.15) is 5.76 Å². The summed E-state index contributed by atoms with van der Waals surface area (Å²) in [4.78, 5) is 11.7. The molecule has 1 aromatic heterocycles. The van der Waals surface area contributed by atoms with Crippen LogP contribution in [0.25, 0.3) is 11.3 Å². The van der Waals surface area contributed by atoms with E-state index in [9.17, 15) is 4.79 Å². The molecule has 1 amide bonds. The van der Waals surface area contributed by atoms with Gasteiger partial charge in [-0.1, -0.05) is 6.07 Å². The molecule has 2 rings (SSSR count). The van der Waals surface area contributed by atoms with E-state index in [1.807, 2.05) is 44.2 Å². The zero-order chi connectivity index (χ0) is 12.3. The van der Waals surface area contributed by atoms with Crippen molar-refractivity contribution in [3.63, 3.8) is 0 Å². The summed E-state index contributed by atoms with van der Waals surface area (Å²) in [6.45, 7) is 4.51. The van der Waals surface area contributed by atoms with Gasteiger partial charge in [-0.2, -0.15) is 0 Å². The summed E-state index contributed by atoms with van der Waals surface area (Å²) >= 11 is 0. The number of carbonyl (C=O) groups excluding carboxylic acids is 1. The fraction of sp³-hybridized carbons (Fsp3) is 0.214. The van der Waals surface area contributed by atoms with Gasteiger partial charge in [-0.05, 0) is 43.7 Å². The van der Waals surface area contributed by atoms with Gasteiger partial charge in [0.15, 0.2) is 0 Å². The fourth-order valence-corrected chi connectivity index (χ4v) is 1.78. The topological polar surface area (TPSA) is 42.2 Å². The Morgan fingerprint density at radius 3 is 2.76 bits per heavy atom. The minimum absolute atomic E-state index is 0.0402. The van der Waals surface area contributed by atoms with Gasteiger partial charge in [0.2, 0.25) is 0 Å². The lowest BCUT2D eigenvalue weighted by atomic mass is 10.0. The second-order valence-corrected chi connectivity index (χ2v) is 3.87. The third kappa shape index (κ3) is 2.38. The van der Waals surface area contributed by atoms with Gasteiger partial charge >= 0.3 is 0 Å². The summed E-state index contributed by atoms with van der Waals surface area (Å²) in [5, 5.41) is 2.78. The van der Waals surface area contributed by atoms with Gasteiger partial charge in [-0.3, -0.25) is 4.79 Å². The van der Waals surface area contributed by atoms with Crippen LogP contribution in [0.2, 0.25) is 0 Å². The van der Waals surface area contributed by atoms with Crippen LogP contribution in [0.15, 0.2) is 41.0 Å². The van der Waals surface area contributed by atoms with Gasteiger partial charge < -0.3 is 9.73 Å². The highest BCUT2D eigenvalue weighted by Crippen LogP contribution is 2.24. The third-order valence-electron chi connectivity index (χ3n) is 2.61. The van der Waals surface area contributed by atoms with Gasteiger partial charge in [0, 0.05) is 17.7 Å². The molecule has 0 aliphatic carbocycles. The van der Waals surface area contributed by atoms with E-state index in [2.05, 4.69) is 5.32 Å². The van der Waals surface area contributed by atoms with Crippen molar-refractivity contribution < 1.29 is 9.21 Å². The van der Waals surface area contributed by atoms with Crippen LogP contribution in [-0.2, 0) is 0 Å². The van der Waals surface area contributed by atoms with Gasteiger partial charge in [-0.15, -0.1) is 0 Å². The molecule has 2 aromatic rings. The molecular weight excluding hydrogens is 214 g/mol. The second-order valence-electron chi connectivity index (χ2n) is 3.87.